The summed E-state index contributed by atoms with van der Waals surface area (Å²) in [6, 6.07) is 0.535. The molecule has 15 heavy (non-hydrogen) atoms. The van der Waals surface area contributed by atoms with Gasteiger partial charge in [-0.05, 0) is 28.5 Å². The number of nitrogens with two attached hydrogens (primary N) is 1. The molecule has 2 N–H and O–H groups in total. The molecule has 2 nitrogen and oxygen atoms in total. The van der Waals surface area contributed by atoms with Crippen molar-refractivity contribution in [3.63, 3.8) is 0 Å². The van der Waals surface area contributed by atoms with Gasteiger partial charge >= 0.3 is 0 Å². The van der Waals surface area contributed by atoms with E-state index in [9.17, 15) is 18.0 Å². The van der Waals surface area contributed by atoms with Gasteiger partial charge in [-0.3, -0.25) is 4.79 Å². The first-order valence-corrected chi connectivity index (χ1v) is 4.84. The van der Waals surface area contributed by atoms with Crippen LogP contribution >= 0.6 is 15.9 Å². The van der Waals surface area contributed by atoms with Gasteiger partial charge in [0.1, 0.15) is 0 Å². The molecule has 0 aromatic heterocycles. The second-order valence-electron chi connectivity index (χ2n) is 2.81. The lowest BCUT2D eigenvalue weighted by molar-refractivity contribution is 0.0980. The van der Waals surface area contributed by atoms with Gasteiger partial charge in [0.25, 0.3) is 0 Å². The van der Waals surface area contributed by atoms with Gasteiger partial charge in [0.2, 0.25) is 0 Å². The van der Waals surface area contributed by atoms with Crippen LogP contribution in [0.25, 0.3) is 0 Å². The number of Topliss-reactive ketones (excluding diaryl/α,β-unsaturated/α-hetero) is 1. The molecule has 0 unspecified atom stereocenters. The maximum atomic E-state index is 13.3. The van der Waals surface area contributed by atoms with Crippen LogP contribution in [-0.2, 0) is 0 Å². The zero-order chi connectivity index (χ0) is 11.6. The highest BCUT2D eigenvalue weighted by molar-refractivity contribution is 9.10. The number of rotatable bonds is 3. The van der Waals surface area contributed by atoms with E-state index in [1.807, 2.05) is 0 Å². The van der Waals surface area contributed by atoms with Crippen molar-refractivity contribution >= 4 is 21.7 Å². The SMILES string of the molecule is NCCC(=O)c1cc(F)c(F)c(Br)c1F. The summed E-state index contributed by atoms with van der Waals surface area (Å²) >= 11 is 2.53. The van der Waals surface area contributed by atoms with Gasteiger partial charge in [-0.1, -0.05) is 0 Å². The fraction of sp³-hybridized carbons (Fsp3) is 0.222. The first-order valence-electron chi connectivity index (χ1n) is 4.05. The predicted molar refractivity (Wildman–Crippen MR) is 52.0 cm³/mol. The zero-order valence-electron chi connectivity index (χ0n) is 7.49. The van der Waals surface area contributed by atoms with Crippen LogP contribution in [0.15, 0.2) is 10.5 Å². The highest BCUT2D eigenvalue weighted by atomic mass is 79.9. The topological polar surface area (TPSA) is 43.1 Å². The highest BCUT2D eigenvalue weighted by Gasteiger charge is 2.20. The number of ketones is 1. The smallest absolute Gasteiger partial charge is 0.175 e. The molecule has 0 bridgehead atoms. The lowest BCUT2D eigenvalue weighted by Crippen LogP contribution is -2.11. The average molecular weight is 282 g/mol. The van der Waals surface area contributed by atoms with Crippen molar-refractivity contribution in [1.82, 2.24) is 0 Å². The molecule has 0 aliphatic carbocycles. The largest absolute Gasteiger partial charge is 0.330 e. The quantitative estimate of drug-likeness (QED) is 0.525. The molecule has 1 aromatic carbocycles. The predicted octanol–water partition coefficient (Wildman–Crippen LogP) is 2.40. The normalized spacial score (nSPS) is 10.5. The van der Waals surface area contributed by atoms with Crippen LogP contribution in [-0.4, -0.2) is 12.3 Å². The Labute approximate surface area is 92.4 Å². The van der Waals surface area contributed by atoms with Gasteiger partial charge in [0.05, 0.1) is 10.0 Å². The number of carbonyl (C=O) groups excluding carboxylic acids is 1. The summed E-state index contributed by atoms with van der Waals surface area (Å²) in [5, 5.41) is 0. The molecule has 0 fully saturated rings. The van der Waals surface area contributed by atoms with Crippen molar-refractivity contribution in [2.24, 2.45) is 5.73 Å². The molecule has 0 saturated carbocycles. The first kappa shape index (κ1) is 12.2. The molecule has 0 amide bonds. The van der Waals surface area contributed by atoms with Crippen molar-refractivity contribution in [2.75, 3.05) is 6.54 Å². The van der Waals surface area contributed by atoms with Gasteiger partial charge in [0.15, 0.2) is 23.2 Å². The van der Waals surface area contributed by atoms with Crippen LogP contribution in [0.3, 0.4) is 0 Å². The Hall–Kier alpha value is -0.880. The Kier molecular flexibility index (Phi) is 3.87. The number of hydrogen-bond donors (Lipinski definition) is 1. The van der Waals surface area contributed by atoms with Gasteiger partial charge in [-0.15, -0.1) is 0 Å². The van der Waals surface area contributed by atoms with Crippen LogP contribution < -0.4 is 5.73 Å². The molecule has 0 atom stereocenters. The number of carbonyl (C=O) groups is 1. The van der Waals surface area contributed by atoms with E-state index in [4.69, 9.17) is 5.73 Å². The fourth-order valence-corrected chi connectivity index (χ4v) is 1.44. The molecule has 6 heteroatoms. The van der Waals surface area contributed by atoms with E-state index in [-0.39, 0.29) is 13.0 Å². The summed E-state index contributed by atoms with van der Waals surface area (Å²) in [6.07, 6.45) is -0.117. The minimum absolute atomic E-state index is 0.0227. The first-order chi connectivity index (χ1) is 6.99. The van der Waals surface area contributed by atoms with Crippen LogP contribution in [0.1, 0.15) is 16.8 Å². The van der Waals surface area contributed by atoms with Crippen LogP contribution in [0.4, 0.5) is 13.2 Å². The van der Waals surface area contributed by atoms with Crippen molar-refractivity contribution in [3.8, 4) is 0 Å². The number of benzene rings is 1. The van der Waals surface area contributed by atoms with E-state index in [0.29, 0.717) is 6.07 Å². The van der Waals surface area contributed by atoms with Crippen molar-refractivity contribution in [2.45, 2.75) is 6.42 Å². The number of hydrogen-bond acceptors (Lipinski definition) is 2. The van der Waals surface area contributed by atoms with Gasteiger partial charge in [-0.25, -0.2) is 13.2 Å². The van der Waals surface area contributed by atoms with Crippen LogP contribution in [0.2, 0.25) is 0 Å². The second kappa shape index (κ2) is 4.76. The van der Waals surface area contributed by atoms with Crippen LogP contribution in [0, 0.1) is 17.5 Å². The molecule has 0 saturated heterocycles. The summed E-state index contributed by atoms with van der Waals surface area (Å²) in [6.45, 7) is 0.0227. The molecule has 0 aliphatic heterocycles. The molecule has 0 spiro atoms. The van der Waals surface area contributed by atoms with E-state index >= 15 is 0 Å². The van der Waals surface area contributed by atoms with Crippen molar-refractivity contribution < 1.29 is 18.0 Å². The minimum Gasteiger partial charge on any atom is -0.330 e. The van der Waals surface area contributed by atoms with Gasteiger partial charge < -0.3 is 5.73 Å². The Morgan fingerprint density at radius 2 is 1.93 bits per heavy atom. The van der Waals surface area contributed by atoms with E-state index in [0.717, 1.165) is 0 Å². The maximum absolute atomic E-state index is 13.3. The summed E-state index contributed by atoms with van der Waals surface area (Å²) in [5.41, 5.74) is 4.61. The monoisotopic (exact) mass is 281 g/mol. The third-order valence-electron chi connectivity index (χ3n) is 1.77. The molecular weight excluding hydrogens is 275 g/mol. The van der Waals surface area contributed by atoms with Crippen molar-refractivity contribution in [3.05, 3.63) is 33.6 Å². The van der Waals surface area contributed by atoms with E-state index in [1.54, 1.807) is 0 Å². The third-order valence-corrected chi connectivity index (χ3v) is 2.47. The lowest BCUT2D eigenvalue weighted by atomic mass is 10.1. The van der Waals surface area contributed by atoms with Gasteiger partial charge in [0, 0.05) is 6.42 Å². The lowest BCUT2D eigenvalue weighted by Gasteiger charge is -2.05. The average Bonchev–Trinajstić information content (AvgIpc) is 2.20. The summed E-state index contributed by atoms with van der Waals surface area (Å²) < 4.78 is 38.3. The Morgan fingerprint density at radius 3 is 2.47 bits per heavy atom. The summed E-state index contributed by atoms with van der Waals surface area (Å²) in [7, 11) is 0. The van der Waals surface area contributed by atoms with Crippen molar-refractivity contribution in [1.29, 1.82) is 0 Å². The summed E-state index contributed by atoms with van der Waals surface area (Å²) in [4.78, 5) is 11.3. The molecule has 0 heterocycles. The molecule has 0 radical (unpaired) electrons. The number of halogens is 4. The Balaban J connectivity index is 3.26. The molecular formula is C9H7BrF3NO. The minimum atomic E-state index is -1.35. The molecule has 1 aromatic rings. The Morgan fingerprint density at radius 1 is 1.33 bits per heavy atom. The molecule has 1 rings (SSSR count). The molecule has 82 valence electrons. The second-order valence-corrected chi connectivity index (χ2v) is 3.60. The highest BCUT2D eigenvalue weighted by Crippen LogP contribution is 2.25. The molecule has 0 aliphatic rings. The van der Waals surface area contributed by atoms with Crippen LogP contribution in [0.5, 0.6) is 0 Å². The van der Waals surface area contributed by atoms with Gasteiger partial charge in [-0.2, -0.15) is 0 Å². The van der Waals surface area contributed by atoms with E-state index in [2.05, 4.69) is 15.9 Å². The van der Waals surface area contributed by atoms with E-state index < -0.39 is 33.3 Å². The fourth-order valence-electron chi connectivity index (χ4n) is 1.04. The third kappa shape index (κ3) is 2.38. The van der Waals surface area contributed by atoms with E-state index in [1.165, 1.54) is 0 Å². The maximum Gasteiger partial charge on any atom is 0.175 e. The standard InChI is InChI=1S/C9H7BrF3NO/c10-7-8(12)4(6(15)1-2-14)3-5(11)9(7)13/h3H,1-2,14H2. The Bertz CT molecular complexity index is 409. The zero-order valence-corrected chi connectivity index (χ0v) is 9.08. The summed E-state index contributed by atoms with van der Waals surface area (Å²) in [5.74, 6) is -4.39.